The van der Waals surface area contributed by atoms with E-state index in [4.69, 9.17) is 4.74 Å². The van der Waals surface area contributed by atoms with Crippen molar-refractivity contribution >= 4 is 28.4 Å². The van der Waals surface area contributed by atoms with Gasteiger partial charge in [0.2, 0.25) is 0 Å². The molecule has 0 fully saturated rings. The number of carbonyl (C=O) groups excluding carboxylic acids is 1. The van der Waals surface area contributed by atoms with Gasteiger partial charge in [0.25, 0.3) is 0 Å². The Morgan fingerprint density at radius 2 is 1.69 bits per heavy atom. The molecule has 29 heavy (non-hydrogen) atoms. The lowest BCUT2D eigenvalue weighted by Gasteiger charge is -2.09. The number of rotatable bonds is 7. The molecule has 0 spiro atoms. The van der Waals surface area contributed by atoms with E-state index in [2.05, 4.69) is 10.3 Å². The van der Waals surface area contributed by atoms with Gasteiger partial charge in [-0.3, -0.25) is 4.57 Å². The zero-order valence-corrected chi connectivity index (χ0v) is 15.8. The summed E-state index contributed by atoms with van der Waals surface area (Å²) < 4.78 is 7.05. The molecule has 4 aromatic rings. The second kappa shape index (κ2) is 8.48. The van der Waals surface area contributed by atoms with Gasteiger partial charge >= 0.3 is 11.7 Å². The molecule has 0 aliphatic heterocycles. The average molecular weight is 387 g/mol. The molecule has 146 valence electrons. The number of benzene rings is 3. The highest BCUT2D eigenvalue weighted by atomic mass is 16.5. The van der Waals surface area contributed by atoms with E-state index >= 15 is 0 Å². The standard InChI is InChI=1S/C23H21N3O3/c27-22(17-8-6-11-19(16-17)24-18-9-2-1-3-10-18)29-15-7-14-26-21-13-5-4-12-20(21)25-23(26)28/h1-6,8-13,16,24H,7,14-15H2,(H,25,28). The number of anilines is 2. The fraction of sp³-hybridized carbons (Fsp3) is 0.130. The van der Waals surface area contributed by atoms with E-state index < -0.39 is 0 Å². The third-order valence-corrected chi connectivity index (χ3v) is 4.60. The van der Waals surface area contributed by atoms with E-state index in [1.807, 2.05) is 66.7 Å². The molecule has 1 aromatic heterocycles. The van der Waals surface area contributed by atoms with Crippen LogP contribution in [0.2, 0.25) is 0 Å². The van der Waals surface area contributed by atoms with Crippen LogP contribution in [0.15, 0.2) is 83.7 Å². The number of fused-ring (bicyclic) bond motifs is 1. The molecule has 0 unspecified atom stereocenters. The molecule has 0 aliphatic rings. The Morgan fingerprint density at radius 3 is 2.55 bits per heavy atom. The zero-order valence-electron chi connectivity index (χ0n) is 15.8. The third kappa shape index (κ3) is 4.38. The van der Waals surface area contributed by atoms with Crippen LogP contribution in [0.1, 0.15) is 16.8 Å². The summed E-state index contributed by atoms with van der Waals surface area (Å²) in [5, 5.41) is 3.26. The number of esters is 1. The molecule has 3 aromatic carbocycles. The first kappa shape index (κ1) is 18.6. The summed E-state index contributed by atoms with van der Waals surface area (Å²) in [6.07, 6.45) is 0.551. The Morgan fingerprint density at radius 1 is 0.931 bits per heavy atom. The lowest BCUT2D eigenvalue weighted by molar-refractivity contribution is 0.0496. The lowest BCUT2D eigenvalue weighted by atomic mass is 10.2. The van der Waals surface area contributed by atoms with Gasteiger partial charge < -0.3 is 15.0 Å². The van der Waals surface area contributed by atoms with Gasteiger partial charge in [0.05, 0.1) is 23.2 Å². The Bertz CT molecular complexity index is 1180. The molecule has 0 saturated heterocycles. The number of aryl methyl sites for hydroxylation is 1. The van der Waals surface area contributed by atoms with Crippen molar-refractivity contribution in [1.29, 1.82) is 0 Å². The van der Waals surface area contributed by atoms with Crippen molar-refractivity contribution in [3.8, 4) is 0 Å². The highest BCUT2D eigenvalue weighted by Crippen LogP contribution is 2.18. The lowest BCUT2D eigenvalue weighted by Crippen LogP contribution is -2.18. The molecule has 4 rings (SSSR count). The number of H-pyrrole nitrogens is 1. The maximum atomic E-state index is 12.4. The molecule has 2 N–H and O–H groups in total. The molecule has 6 heteroatoms. The smallest absolute Gasteiger partial charge is 0.338 e. The van der Waals surface area contributed by atoms with E-state index in [0.29, 0.717) is 18.5 Å². The molecule has 0 aliphatic carbocycles. The maximum Gasteiger partial charge on any atom is 0.338 e. The van der Waals surface area contributed by atoms with Crippen molar-refractivity contribution in [2.24, 2.45) is 0 Å². The van der Waals surface area contributed by atoms with Crippen LogP contribution < -0.4 is 11.0 Å². The van der Waals surface area contributed by atoms with Crippen LogP contribution in [0.3, 0.4) is 0 Å². The molecule has 0 saturated carbocycles. The summed E-state index contributed by atoms with van der Waals surface area (Å²) in [5.41, 5.74) is 3.74. The zero-order chi connectivity index (χ0) is 20.1. The number of hydrogen-bond acceptors (Lipinski definition) is 4. The number of para-hydroxylation sites is 3. The minimum Gasteiger partial charge on any atom is -0.462 e. The van der Waals surface area contributed by atoms with Crippen molar-refractivity contribution in [3.05, 3.63) is 94.9 Å². The van der Waals surface area contributed by atoms with Gasteiger partial charge in [-0.15, -0.1) is 0 Å². The predicted octanol–water partition coefficient (Wildman–Crippen LogP) is 4.32. The number of imidazole rings is 1. The van der Waals surface area contributed by atoms with Gasteiger partial charge in [-0.1, -0.05) is 36.4 Å². The quantitative estimate of drug-likeness (QED) is 0.366. The molecular weight excluding hydrogens is 366 g/mol. The van der Waals surface area contributed by atoms with Gasteiger partial charge in [0.15, 0.2) is 0 Å². The Hall–Kier alpha value is -3.80. The minimum absolute atomic E-state index is 0.155. The van der Waals surface area contributed by atoms with Gasteiger partial charge in [-0.25, -0.2) is 9.59 Å². The largest absolute Gasteiger partial charge is 0.462 e. The van der Waals surface area contributed by atoms with Gasteiger partial charge in [0, 0.05) is 17.9 Å². The number of ether oxygens (including phenoxy) is 1. The number of aromatic nitrogens is 2. The number of hydrogen-bond donors (Lipinski definition) is 2. The first-order valence-electron chi connectivity index (χ1n) is 9.47. The van der Waals surface area contributed by atoms with E-state index in [1.165, 1.54) is 0 Å². The van der Waals surface area contributed by atoms with Crippen molar-refractivity contribution in [2.75, 3.05) is 11.9 Å². The summed E-state index contributed by atoms with van der Waals surface area (Å²) in [6, 6.07) is 24.5. The third-order valence-electron chi connectivity index (χ3n) is 4.60. The second-order valence-electron chi connectivity index (χ2n) is 6.66. The Balaban J connectivity index is 1.33. The number of carbonyl (C=O) groups is 1. The molecule has 0 radical (unpaired) electrons. The van der Waals surface area contributed by atoms with Crippen molar-refractivity contribution in [3.63, 3.8) is 0 Å². The SMILES string of the molecule is O=C(OCCCn1c(=O)[nH]c2ccccc21)c1cccc(Nc2ccccc2)c1. The van der Waals surface area contributed by atoms with Crippen LogP contribution in [-0.2, 0) is 11.3 Å². The van der Waals surface area contributed by atoms with Crippen LogP contribution in [0.5, 0.6) is 0 Å². The highest BCUT2D eigenvalue weighted by Gasteiger charge is 2.09. The summed E-state index contributed by atoms with van der Waals surface area (Å²) >= 11 is 0. The van der Waals surface area contributed by atoms with Gasteiger partial charge in [-0.05, 0) is 48.9 Å². The first-order valence-corrected chi connectivity index (χ1v) is 9.47. The predicted molar refractivity (Wildman–Crippen MR) is 114 cm³/mol. The van der Waals surface area contributed by atoms with E-state index in [-0.39, 0.29) is 18.3 Å². The normalized spacial score (nSPS) is 10.8. The number of aromatic amines is 1. The molecular formula is C23H21N3O3. The first-order chi connectivity index (χ1) is 14.2. The molecule has 0 amide bonds. The topological polar surface area (TPSA) is 76.1 Å². The van der Waals surface area contributed by atoms with E-state index in [1.54, 1.807) is 16.7 Å². The fourth-order valence-corrected chi connectivity index (χ4v) is 3.21. The fourth-order valence-electron chi connectivity index (χ4n) is 3.21. The minimum atomic E-state index is -0.381. The summed E-state index contributed by atoms with van der Waals surface area (Å²) in [5.74, 6) is -0.381. The van der Waals surface area contributed by atoms with Crippen molar-refractivity contribution in [1.82, 2.24) is 9.55 Å². The van der Waals surface area contributed by atoms with Crippen molar-refractivity contribution < 1.29 is 9.53 Å². The van der Waals surface area contributed by atoms with Gasteiger partial charge in [0.1, 0.15) is 0 Å². The molecule has 1 heterocycles. The Labute approximate surface area is 167 Å². The maximum absolute atomic E-state index is 12.4. The number of nitrogens with one attached hydrogen (secondary N) is 2. The molecule has 0 atom stereocenters. The molecule has 0 bridgehead atoms. The average Bonchev–Trinajstić information content (AvgIpc) is 3.07. The second-order valence-corrected chi connectivity index (χ2v) is 6.66. The Kier molecular flexibility index (Phi) is 5.42. The van der Waals surface area contributed by atoms with Crippen LogP contribution in [0.4, 0.5) is 11.4 Å². The summed E-state index contributed by atoms with van der Waals surface area (Å²) in [7, 11) is 0. The van der Waals surface area contributed by atoms with E-state index in [9.17, 15) is 9.59 Å². The molecule has 6 nitrogen and oxygen atoms in total. The highest BCUT2D eigenvalue weighted by molar-refractivity contribution is 5.90. The van der Waals surface area contributed by atoms with Crippen LogP contribution in [0, 0.1) is 0 Å². The van der Waals surface area contributed by atoms with Crippen LogP contribution in [0.25, 0.3) is 11.0 Å². The van der Waals surface area contributed by atoms with E-state index in [0.717, 1.165) is 22.4 Å². The van der Waals surface area contributed by atoms with Crippen LogP contribution >= 0.6 is 0 Å². The monoisotopic (exact) mass is 387 g/mol. The van der Waals surface area contributed by atoms with Crippen LogP contribution in [-0.4, -0.2) is 22.1 Å². The summed E-state index contributed by atoms with van der Waals surface area (Å²) in [4.78, 5) is 27.3. The summed E-state index contributed by atoms with van der Waals surface area (Å²) in [6.45, 7) is 0.715. The van der Waals surface area contributed by atoms with Gasteiger partial charge in [-0.2, -0.15) is 0 Å². The van der Waals surface area contributed by atoms with Crippen molar-refractivity contribution in [2.45, 2.75) is 13.0 Å². The number of nitrogens with zero attached hydrogens (tertiary/aromatic N) is 1.